The van der Waals surface area contributed by atoms with Crippen molar-refractivity contribution in [2.24, 2.45) is 0 Å². The van der Waals surface area contributed by atoms with Crippen LogP contribution in [0.15, 0.2) is 54.6 Å². The van der Waals surface area contributed by atoms with Gasteiger partial charge in [0.25, 0.3) is 0 Å². The Kier molecular flexibility index (Phi) is 4.39. The van der Waals surface area contributed by atoms with E-state index >= 15 is 0 Å². The van der Waals surface area contributed by atoms with Gasteiger partial charge in [0.05, 0.1) is 5.60 Å². The summed E-state index contributed by atoms with van der Waals surface area (Å²) in [6.45, 7) is 4.05. The molecule has 0 fully saturated rings. The summed E-state index contributed by atoms with van der Waals surface area (Å²) in [7, 11) is 0. The minimum absolute atomic E-state index is 0.717. The molecule has 0 aliphatic carbocycles. The van der Waals surface area contributed by atoms with Gasteiger partial charge in [-0.2, -0.15) is 0 Å². The topological polar surface area (TPSA) is 20.2 Å². The van der Waals surface area contributed by atoms with Crippen molar-refractivity contribution in [1.82, 2.24) is 0 Å². The smallest absolute Gasteiger partial charge is 0.0868 e. The van der Waals surface area contributed by atoms with Gasteiger partial charge in [-0.3, -0.25) is 0 Å². The lowest BCUT2D eigenvalue weighted by atomic mass is 9.89. The number of unbranched alkanes of at least 4 members (excludes halogenated alkanes) is 1. The minimum Gasteiger partial charge on any atom is -0.385 e. The molecule has 0 saturated heterocycles. The van der Waals surface area contributed by atoms with Crippen LogP contribution in [0, 0.1) is 0 Å². The van der Waals surface area contributed by atoms with Crippen molar-refractivity contribution in [3.63, 3.8) is 0 Å². The van der Waals surface area contributed by atoms with Gasteiger partial charge in [-0.1, -0.05) is 74.4 Å². The van der Waals surface area contributed by atoms with E-state index in [1.807, 2.05) is 37.3 Å². The predicted molar refractivity (Wildman–Crippen MR) is 81.0 cm³/mol. The highest BCUT2D eigenvalue weighted by atomic mass is 16.3. The summed E-state index contributed by atoms with van der Waals surface area (Å²) in [5, 5.41) is 10.5. The van der Waals surface area contributed by atoms with Crippen molar-refractivity contribution in [3.8, 4) is 11.1 Å². The maximum Gasteiger partial charge on any atom is 0.0868 e. The number of hydrogen-bond acceptors (Lipinski definition) is 1. The normalized spacial score (nSPS) is 14.1. The highest BCUT2D eigenvalue weighted by Crippen LogP contribution is 2.28. The third-order valence-electron chi connectivity index (χ3n) is 3.63. The Labute approximate surface area is 115 Å². The first kappa shape index (κ1) is 13.8. The SMILES string of the molecule is CCCCC(C)(O)c1ccc(-c2ccccc2)cc1. The molecule has 1 atom stereocenters. The van der Waals surface area contributed by atoms with Gasteiger partial charge in [-0.25, -0.2) is 0 Å². The lowest BCUT2D eigenvalue weighted by molar-refractivity contribution is 0.0454. The number of benzene rings is 2. The van der Waals surface area contributed by atoms with Crippen molar-refractivity contribution in [3.05, 3.63) is 60.2 Å². The van der Waals surface area contributed by atoms with Gasteiger partial charge in [0.1, 0.15) is 0 Å². The number of aliphatic hydroxyl groups is 1. The Morgan fingerprint density at radius 2 is 1.47 bits per heavy atom. The van der Waals surface area contributed by atoms with E-state index in [0.717, 1.165) is 24.8 Å². The molecule has 0 spiro atoms. The largest absolute Gasteiger partial charge is 0.385 e. The Morgan fingerprint density at radius 3 is 2.05 bits per heavy atom. The van der Waals surface area contributed by atoms with E-state index in [4.69, 9.17) is 0 Å². The lowest BCUT2D eigenvalue weighted by Gasteiger charge is -2.24. The standard InChI is InChI=1S/C18H22O/c1-3-4-14-18(2,19)17-12-10-16(11-13-17)15-8-6-5-7-9-15/h5-13,19H,3-4,14H2,1-2H3. The van der Waals surface area contributed by atoms with E-state index in [2.05, 4.69) is 31.2 Å². The first-order chi connectivity index (χ1) is 9.13. The fourth-order valence-electron chi connectivity index (χ4n) is 2.32. The zero-order valence-corrected chi connectivity index (χ0v) is 11.8. The molecule has 1 nitrogen and oxygen atoms in total. The molecular formula is C18H22O. The monoisotopic (exact) mass is 254 g/mol. The second kappa shape index (κ2) is 6.03. The molecule has 2 aromatic carbocycles. The van der Waals surface area contributed by atoms with Gasteiger partial charge in [-0.05, 0) is 30.0 Å². The summed E-state index contributed by atoms with van der Waals surface area (Å²) in [6.07, 6.45) is 2.97. The molecule has 0 amide bonds. The Hall–Kier alpha value is -1.60. The first-order valence-corrected chi connectivity index (χ1v) is 7.02. The fraction of sp³-hybridized carbons (Fsp3) is 0.333. The molecule has 1 N–H and O–H groups in total. The highest BCUT2D eigenvalue weighted by Gasteiger charge is 2.21. The van der Waals surface area contributed by atoms with E-state index in [1.54, 1.807) is 0 Å². The maximum atomic E-state index is 10.5. The molecule has 0 saturated carbocycles. The molecule has 100 valence electrons. The van der Waals surface area contributed by atoms with Crippen LogP contribution in [0.4, 0.5) is 0 Å². The Balaban J connectivity index is 2.19. The zero-order chi connectivity index (χ0) is 13.7. The minimum atomic E-state index is -0.717. The summed E-state index contributed by atoms with van der Waals surface area (Å²) in [5.41, 5.74) is 2.68. The lowest BCUT2D eigenvalue weighted by Crippen LogP contribution is -2.20. The molecule has 0 radical (unpaired) electrons. The quantitative estimate of drug-likeness (QED) is 0.816. The zero-order valence-electron chi connectivity index (χ0n) is 11.8. The Bertz CT molecular complexity index is 497. The fourth-order valence-corrected chi connectivity index (χ4v) is 2.32. The van der Waals surface area contributed by atoms with Gasteiger partial charge in [-0.15, -0.1) is 0 Å². The summed E-state index contributed by atoms with van der Waals surface area (Å²) >= 11 is 0. The molecule has 0 heterocycles. The molecule has 0 bridgehead atoms. The van der Waals surface area contributed by atoms with Gasteiger partial charge in [0.15, 0.2) is 0 Å². The van der Waals surface area contributed by atoms with Crippen molar-refractivity contribution < 1.29 is 5.11 Å². The van der Waals surface area contributed by atoms with Crippen LogP contribution in [0.5, 0.6) is 0 Å². The second-order valence-corrected chi connectivity index (χ2v) is 5.32. The van der Waals surface area contributed by atoms with Crippen molar-refractivity contribution >= 4 is 0 Å². The summed E-state index contributed by atoms with van der Waals surface area (Å²) in [4.78, 5) is 0. The molecular weight excluding hydrogens is 232 g/mol. The van der Waals surface area contributed by atoms with Crippen molar-refractivity contribution in [1.29, 1.82) is 0 Å². The average molecular weight is 254 g/mol. The van der Waals surface area contributed by atoms with E-state index in [0.29, 0.717) is 0 Å². The van der Waals surface area contributed by atoms with Crippen LogP contribution in [0.3, 0.4) is 0 Å². The van der Waals surface area contributed by atoms with Crippen molar-refractivity contribution in [2.75, 3.05) is 0 Å². The van der Waals surface area contributed by atoms with E-state index < -0.39 is 5.60 Å². The highest BCUT2D eigenvalue weighted by molar-refractivity contribution is 5.63. The third kappa shape index (κ3) is 3.45. The van der Waals surface area contributed by atoms with E-state index in [1.165, 1.54) is 11.1 Å². The van der Waals surface area contributed by atoms with Crippen LogP contribution < -0.4 is 0 Å². The molecule has 1 unspecified atom stereocenters. The molecule has 19 heavy (non-hydrogen) atoms. The van der Waals surface area contributed by atoms with Gasteiger partial charge < -0.3 is 5.11 Å². The second-order valence-electron chi connectivity index (χ2n) is 5.32. The van der Waals surface area contributed by atoms with Gasteiger partial charge in [0, 0.05) is 0 Å². The predicted octanol–water partition coefficient (Wildman–Crippen LogP) is 4.75. The molecule has 0 aliphatic rings. The molecule has 0 aromatic heterocycles. The molecule has 2 rings (SSSR count). The van der Waals surface area contributed by atoms with Crippen LogP contribution in [0.1, 0.15) is 38.7 Å². The Morgan fingerprint density at radius 1 is 0.895 bits per heavy atom. The summed E-state index contributed by atoms with van der Waals surface area (Å²) in [6, 6.07) is 18.6. The summed E-state index contributed by atoms with van der Waals surface area (Å²) in [5.74, 6) is 0. The van der Waals surface area contributed by atoms with Gasteiger partial charge >= 0.3 is 0 Å². The molecule has 2 aromatic rings. The first-order valence-electron chi connectivity index (χ1n) is 7.02. The van der Waals surface area contributed by atoms with Crippen LogP contribution in [-0.2, 0) is 5.60 Å². The van der Waals surface area contributed by atoms with E-state index in [9.17, 15) is 5.11 Å². The van der Waals surface area contributed by atoms with Crippen LogP contribution >= 0.6 is 0 Å². The number of rotatable bonds is 5. The molecule has 0 aliphatic heterocycles. The third-order valence-corrected chi connectivity index (χ3v) is 3.63. The van der Waals surface area contributed by atoms with Crippen LogP contribution in [0.2, 0.25) is 0 Å². The molecule has 1 heteroatoms. The van der Waals surface area contributed by atoms with Gasteiger partial charge in [0.2, 0.25) is 0 Å². The maximum absolute atomic E-state index is 10.5. The van der Waals surface area contributed by atoms with Crippen LogP contribution in [0.25, 0.3) is 11.1 Å². The van der Waals surface area contributed by atoms with Crippen molar-refractivity contribution in [2.45, 2.75) is 38.7 Å². The van der Waals surface area contributed by atoms with E-state index in [-0.39, 0.29) is 0 Å². The number of hydrogen-bond donors (Lipinski definition) is 1. The van der Waals surface area contributed by atoms with Crippen LogP contribution in [-0.4, -0.2) is 5.11 Å². The average Bonchev–Trinajstić information content (AvgIpc) is 2.46. The summed E-state index contributed by atoms with van der Waals surface area (Å²) < 4.78 is 0.